The second-order valence-corrected chi connectivity index (χ2v) is 3.91. The van der Waals surface area contributed by atoms with Crippen molar-refractivity contribution in [2.24, 2.45) is 0 Å². The van der Waals surface area contributed by atoms with Crippen LogP contribution in [0.5, 0.6) is 0 Å². The second kappa shape index (κ2) is 4.95. The molecule has 100 valence electrons. The number of halogens is 3. The molecule has 1 rings (SSSR count). The number of anilines is 1. The van der Waals surface area contributed by atoms with E-state index in [1.807, 2.05) is 6.92 Å². The maximum Gasteiger partial charge on any atom is 0.443 e. The number of benzene rings is 1. The zero-order valence-corrected chi connectivity index (χ0v) is 9.45. The van der Waals surface area contributed by atoms with Crippen LogP contribution >= 0.6 is 0 Å². The van der Waals surface area contributed by atoms with Gasteiger partial charge in [-0.3, -0.25) is 4.79 Å². The van der Waals surface area contributed by atoms with E-state index in [1.54, 1.807) is 12.1 Å². The molecule has 0 aliphatic carbocycles. The molecule has 0 aliphatic rings. The zero-order valence-electron chi connectivity index (χ0n) is 9.45. The smallest absolute Gasteiger partial charge is 0.358 e. The Bertz CT molecular complexity index is 426. The van der Waals surface area contributed by atoms with Crippen LogP contribution in [0.25, 0.3) is 0 Å². The van der Waals surface area contributed by atoms with Crippen molar-refractivity contribution in [1.29, 1.82) is 0 Å². The quantitative estimate of drug-likeness (QED) is 0.725. The molecule has 0 unspecified atom stereocenters. The summed E-state index contributed by atoms with van der Waals surface area (Å²) in [5.41, 5.74) is 1.20. The Kier molecular flexibility index (Phi) is 3.98. The number of nitrogens with one attached hydrogen (secondary N) is 1. The van der Waals surface area contributed by atoms with Crippen molar-refractivity contribution < 1.29 is 28.2 Å². The minimum absolute atomic E-state index is 0.281. The molecule has 0 atom stereocenters. The van der Waals surface area contributed by atoms with Gasteiger partial charge in [0.05, 0.1) is 6.42 Å². The fraction of sp³-hybridized carbons (Fsp3) is 0.364. The minimum atomic E-state index is -5.28. The van der Waals surface area contributed by atoms with Crippen LogP contribution in [-0.4, -0.2) is 28.1 Å². The monoisotopic (exact) mass is 263 g/mol. The number of aryl methyl sites for hydroxylation is 1. The Hall–Kier alpha value is -1.60. The molecule has 0 saturated carbocycles. The summed E-state index contributed by atoms with van der Waals surface area (Å²) in [7, 11) is 0. The summed E-state index contributed by atoms with van der Waals surface area (Å²) in [6.45, 7) is 1.81. The average molecular weight is 263 g/mol. The second-order valence-electron chi connectivity index (χ2n) is 3.91. The predicted molar refractivity (Wildman–Crippen MR) is 57.6 cm³/mol. The molecule has 4 nitrogen and oxygen atoms in total. The number of carbonyl (C=O) groups is 1. The maximum atomic E-state index is 12.1. The number of hydrogen-bond acceptors (Lipinski definition) is 3. The molecule has 0 bridgehead atoms. The molecule has 7 heteroatoms. The van der Waals surface area contributed by atoms with E-state index in [2.05, 4.69) is 5.32 Å². The lowest BCUT2D eigenvalue weighted by atomic mass is 10.1. The predicted octanol–water partition coefficient (Wildman–Crippen LogP) is 1.57. The van der Waals surface area contributed by atoms with Crippen molar-refractivity contribution in [3.8, 4) is 0 Å². The molecule has 0 radical (unpaired) electrons. The van der Waals surface area contributed by atoms with Crippen LogP contribution in [0.1, 0.15) is 12.0 Å². The number of carbonyl (C=O) groups excluding carboxylic acids is 1. The molecule has 0 heterocycles. The first kappa shape index (κ1) is 14.5. The third-order valence-corrected chi connectivity index (χ3v) is 2.20. The van der Waals surface area contributed by atoms with Gasteiger partial charge in [0.15, 0.2) is 0 Å². The van der Waals surface area contributed by atoms with Gasteiger partial charge in [-0.05, 0) is 19.1 Å². The third kappa shape index (κ3) is 3.71. The van der Waals surface area contributed by atoms with E-state index >= 15 is 0 Å². The van der Waals surface area contributed by atoms with Gasteiger partial charge in [-0.1, -0.05) is 17.7 Å². The fourth-order valence-electron chi connectivity index (χ4n) is 1.17. The average Bonchev–Trinajstić information content (AvgIpc) is 2.19. The normalized spacial score (nSPS) is 12.3. The fourth-order valence-corrected chi connectivity index (χ4v) is 1.17. The van der Waals surface area contributed by atoms with Crippen LogP contribution in [0, 0.1) is 6.92 Å². The molecule has 1 aromatic rings. The summed E-state index contributed by atoms with van der Waals surface area (Å²) in [4.78, 5) is 11.2. The van der Waals surface area contributed by atoms with E-state index in [9.17, 15) is 18.0 Å². The molecule has 1 aromatic carbocycles. The van der Waals surface area contributed by atoms with Gasteiger partial charge in [-0.25, -0.2) is 0 Å². The van der Waals surface area contributed by atoms with Crippen molar-refractivity contribution in [2.75, 3.05) is 5.32 Å². The molecule has 0 fully saturated rings. The largest absolute Gasteiger partial charge is 0.443 e. The van der Waals surface area contributed by atoms with Gasteiger partial charge in [0.1, 0.15) is 0 Å². The van der Waals surface area contributed by atoms with Gasteiger partial charge in [-0.15, -0.1) is 0 Å². The Morgan fingerprint density at radius 1 is 1.22 bits per heavy atom. The van der Waals surface area contributed by atoms with E-state index in [0.717, 1.165) is 5.56 Å². The first-order valence-corrected chi connectivity index (χ1v) is 5.00. The summed E-state index contributed by atoms with van der Waals surface area (Å²) < 4.78 is 36.3. The molecule has 0 aromatic heterocycles. The lowest BCUT2D eigenvalue weighted by Crippen LogP contribution is -2.47. The summed E-state index contributed by atoms with van der Waals surface area (Å²) in [6.07, 6.45) is -6.76. The van der Waals surface area contributed by atoms with Gasteiger partial charge >= 0.3 is 6.18 Å². The number of alkyl halides is 3. The highest BCUT2D eigenvalue weighted by Gasteiger charge is 2.54. The molecule has 18 heavy (non-hydrogen) atoms. The summed E-state index contributed by atoms with van der Waals surface area (Å²) in [6, 6.07) is 6.31. The van der Waals surface area contributed by atoms with Crippen LogP contribution in [-0.2, 0) is 4.79 Å². The SMILES string of the molecule is Cc1ccc(NC(=O)CC(O)(O)C(F)(F)F)cc1. The number of aliphatic hydroxyl groups is 2. The number of rotatable bonds is 3. The standard InChI is InChI=1S/C11H12F3NO3/c1-7-2-4-8(5-3-7)15-9(16)6-10(17,18)11(12,13)14/h2-5,17-18H,6H2,1H3,(H,15,16). The summed E-state index contributed by atoms with van der Waals surface area (Å²) in [5, 5.41) is 19.6. The van der Waals surface area contributed by atoms with Gasteiger partial charge in [0.25, 0.3) is 5.79 Å². The highest BCUT2D eigenvalue weighted by Crippen LogP contribution is 2.30. The highest BCUT2D eigenvalue weighted by molar-refractivity contribution is 5.91. The topological polar surface area (TPSA) is 69.6 Å². The maximum absolute atomic E-state index is 12.1. The molecule has 1 amide bonds. The molecule has 0 aliphatic heterocycles. The molecular weight excluding hydrogens is 251 g/mol. The van der Waals surface area contributed by atoms with Crippen molar-refractivity contribution in [1.82, 2.24) is 0 Å². The van der Waals surface area contributed by atoms with Crippen LogP contribution in [0.2, 0.25) is 0 Å². The Morgan fingerprint density at radius 3 is 2.17 bits per heavy atom. The molecule has 3 N–H and O–H groups in total. The molecular formula is C11H12F3NO3. The van der Waals surface area contributed by atoms with Gasteiger partial charge < -0.3 is 15.5 Å². The van der Waals surface area contributed by atoms with E-state index in [0.29, 0.717) is 0 Å². The Labute approximate surface area is 101 Å². The minimum Gasteiger partial charge on any atom is -0.358 e. The first-order chi connectivity index (χ1) is 8.12. The van der Waals surface area contributed by atoms with E-state index in [4.69, 9.17) is 10.2 Å². The lowest BCUT2D eigenvalue weighted by Gasteiger charge is -2.23. The summed E-state index contributed by atoms with van der Waals surface area (Å²) >= 11 is 0. The first-order valence-electron chi connectivity index (χ1n) is 5.00. The van der Waals surface area contributed by atoms with Crippen molar-refractivity contribution in [3.63, 3.8) is 0 Å². The van der Waals surface area contributed by atoms with E-state index in [1.165, 1.54) is 12.1 Å². The Balaban J connectivity index is 2.65. The highest BCUT2D eigenvalue weighted by atomic mass is 19.4. The van der Waals surface area contributed by atoms with Gasteiger partial charge in [0, 0.05) is 5.69 Å². The van der Waals surface area contributed by atoms with Crippen LogP contribution in [0.4, 0.5) is 18.9 Å². The van der Waals surface area contributed by atoms with Crippen LogP contribution in [0.3, 0.4) is 0 Å². The van der Waals surface area contributed by atoms with E-state index in [-0.39, 0.29) is 5.69 Å². The zero-order chi connectivity index (χ0) is 14.0. The third-order valence-electron chi connectivity index (χ3n) is 2.20. The van der Waals surface area contributed by atoms with Crippen LogP contribution < -0.4 is 5.32 Å². The number of amides is 1. The Morgan fingerprint density at radius 2 is 1.72 bits per heavy atom. The number of hydrogen-bond donors (Lipinski definition) is 3. The molecule has 0 saturated heterocycles. The van der Waals surface area contributed by atoms with Crippen molar-refractivity contribution in [3.05, 3.63) is 29.8 Å². The lowest BCUT2D eigenvalue weighted by molar-refractivity contribution is -0.347. The summed E-state index contributed by atoms with van der Waals surface area (Å²) in [5.74, 6) is -5.16. The van der Waals surface area contributed by atoms with Crippen molar-refractivity contribution >= 4 is 11.6 Å². The van der Waals surface area contributed by atoms with Crippen LogP contribution in [0.15, 0.2) is 24.3 Å². The van der Waals surface area contributed by atoms with Gasteiger partial charge in [-0.2, -0.15) is 13.2 Å². The van der Waals surface area contributed by atoms with E-state index < -0.39 is 24.3 Å². The van der Waals surface area contributed by atoms with Crippen molar-refractivity contribution in [2.45, 2.75) is 25.3 Å². The molecule has 0 spiro atoms. The van der Waals surface area contributed by atoms with Gasteiger partial charge in [0.2, 0.25) is 5.91 Å².